The van der Waals surface area contributed by atoms with Crippen LogP contribution in [0.4, 0.5) is 24.5 Å². The normalized spacial score (nSPS) is 11.1. The molecule has 2 rings (SSSR count). The van der Waals surface area contributed by atoms with Gasteiger partial charge >= 0.3 is 6.18 Å². The fourth-order valence-electron chi connectivity index (χ4n) is 1.81. The van der Waals surface area contributed by atoms with Crippen molar-refractivity contribution in [2.24, 2.45) is 0 Å². The molecule has 0 aliphatic heterocycles. The Hall–Kier alpha value is -2.02. The van der Waals surface area contributed by atoms with Gasteiger partial charge in [0.1, 0.15) is 0 Å². The zero-order chi connectivity index (χ0) is 16.2. The standard InChI is InChI=1S/C15H12BrF3N2O/c16-11-6-2-4-8-13(11)20-9-14(22)21-12-7-3-1-5-10(12)15(17,18)19/h1-8,20H,9H2,(H,21,22). The second-order valence-corrected chi connectivity index (χ2v) is 5.28. The topological polar surface area (TPSA) is 41.1 Å². The first-order valence-corrected chi connectivity index (χ1v) is 7.11. The predicted molar refractivity (Wildman–Crippen MR) is 82.7 cm³/mol. The zero-order valence-corrected chi connectivity index (χ0v) is 12.8. The van der Waals surface area contributed by atoms with Crippen molar-refractivity contribution in [3.63, 3.8) is 0 Å². The van der Waals surface area contributed by atoms with Gasteiger partial charge in [-0.2, -0.15) is 13.2 Å². The van der Waals surface area contributed by atoms with E-state index in [1.165, 1.54) is 18.2 Å². The van der Waals surface area contributed by atoms with E-state index in [1.807, 2.05) is 6.07 Å². The number of rotatable bonds is 4. The molecule has 22 heavy (non-hydrogen) atoms. The molecule has 0 aliphatic carbocycles. The highest BCUT2D eigenvalue weighted by Crippen LogP contribution is 2.34. The van der Waals surface area contributed by atoms with Crippen molar-refractivity contribution in [1.82, 2.24) is 0 Å². The summed E-state index contributed by atoms with van der Waals surface area (Å²) in [5, 5.41) is 5.12. The Morgan fingerprint density at radius 2 is 1.59 bits per heavy atom. The van der Waals surface area contributed by atoms with Crippen LogP contribution in [0.25, 0.3) is 0 Å². The van der Waals surface area contributed by atoms with E-state index in [-0.39, 0.29) is 12.2 Å². The van der Waals surface area contributed by atoms with Gasteiger partial charge < -0.3 is 10.6 Å². The average Bonchev–Trinajstić information content (AvgIpc) is 2.46. The number of hydrogen-bond donors (Lipinski definition) is 2. The molecule has 3 nitrogen and oxygen atoms in total. The number of anilines is 2. The fraction of sp³-hybridized carbons (Fsp3) is 0.133. The van der Waals surface area contributed by atoms with Crippen LogP contribution in [0.5, 0.6) is 0 Å². The zero-order valence-electron chi connectivity index (χ0n) is 11.2. The van der Waals surface area contributed by atoms with E-state index >= 15 is 0 Å². The summed E-state index contributed by atoms with van der Waals surface area (Å²) in [6, 6.07) is 12.0. The van der Waals surface area contributed by atoms with Gasteiger partial charge in [-0.3, -0.25) is 4.79 Å². The predicted octanol–water partition coefficient (Wildman–Crippen LogP) is 4.52. The number of benzene rings is 2. The average molecular weight is 373 g/mol. The molecule has 0 radical (unpaired) electrons. The molecule has 0 saturated carbocycles. The largest absolute Gasteiger partial charge is 0.418 e. The van der Waals surface area contributed by atoms with E-state index in [1.54, 1.807) is 18.2 Å². The molecule has 0 bridgehead atoms. The number of nitrogens with one attached hydrogen (secondary N) is 2. The van der Waals surface area contributed by atoms with Crippen molar-refractivity contribution in [2.75, 3.05) is 17.2 Å². The lowest BCUT2D eigenvalue weighted by Crippen LogP contribution is -2.23. The molecule has 0 spiro atoms. The molecule has 1 amide bonds. The number of amides is 1. The van der Waals surface area contributed by atoms with Crippen molar-refractivity contribution in [2.45, 2.75) is 6.18 Å². The number of carbonyl (C=O) groups excluding carboxylic acids is 1. The maximum Gasteiger partial charge on any atom is 0.418 e. The smallest absolute Gasteiger partial charge is 0.375 e. The number of halogens is 4. The first-order valence-electron chi connectivity index (χ1n) is 6.32. The Balaban J connectivity index is 2.03. The summed E-state index contributed by atoms with van der Waals surface area (Å²) in [5.41, 5.74) is -0.445. The van der Waals surface area contributed by atoms with Crippen molar-refractivity contribution < 1.29 is 18.0 Å². The molecule has 2 aromatic carbocycles. The summed E-state index contributed by atoms with van der Waals surface area (Å²) in [7, 11) is 0. The molecule has 0 unspecified atom stereocenters. The van der Waals surface area contributed by atoms with Crippen LogP contribution in [-0.2, 0) is 11.0 Å². The maximum absolute atomic E-state index is 12.8. The van der Waals surface area contributed by atoms with Crippen LogP contribution in [0.15, 0.2) is 53.0 Å². The number of hydrogen-bond acceptors (Lipinski definition) is 2. The Morgan fingerprint density at radius 1 is 1.00 bits per heavy atom. The first kappa shape index (κ1) is 16.4. The number of para-hydroxylation sites is 2. The Labute approximate surface area is 133 Å². The third-order valence-corrected chi connectivity index (χ3v) is 3.51. The monoisotopic (exact) mass is 372 g/mol. The summed E-state index contributed by atoms with van der Waals surface area (Å²) >= 11 is 3.31. The molecule has 0 saturated heterocycles. The first-order chi connectivity index (χ1) is 10.4. The Morgan fingerprint density at radius 3 is 2.23 bits per heavy atom. The van der Waals surface area contributed by atoms with Crippen LogP contribution in [-0.4, -0.2) is 12.5 Å². The van der Waals surface area contributed by atoms with E-state index in [2.05, 4.69) is 26.6 Å². The minimum atomic E-state index is -4.51. The van der Waals surface area contributed by atoms with Gasteiger partial charge in [-0.15, -0.1) is 0 Å². The highest BCUT2D eigenvalue weighted by atomic mass is 79.9. The molecular formula is C15H12BrF3N2O. The molecular weight excluding hydrogens is 361 g/mol. The second kappa shape index (κ2) is 6.83. The summed E-state index contributed by atoms with van der Waals surface area (Å²) in [4.78, 5) is 11.8. The molecule has 0 heterocycles. The second-order valence-electron chi connectivity index (χ2n) is 4.42. The molecule has 0 aliphatic rings. The summed E-state index contributed by atoms with van der Waals surface area (Å²) < 4.78 is 39.3. The Bertz CT molecular complexity index is 674. The van der Waals surface area contributed by atoms with Gasteiger partial charge in [0.25, 0.3) is 0 Å². The van der Waals surface area contributed by atoms with E-state index in [9.17, 15) is 18.0 Å². The number of alkyl halides is 3. The summed E-state index contributed by atoms with van der Waals surface area (Å²) in [6.45, 7) is -0.144. The van der Waals surface area contributed by atoms with Crippen LogP contribution in [0, 0.1) is 0 Å². The minimum Gasteiger partial charge on any atom is -0.375 e. The lowest BCUT2D eigenvalue weighted by molar-refractivity contribution is -0.137. The van der Waals surface area contributed by atoms with Gasteiger partial charge in [-0.05, 0) is 40.2 Å². The van der Waals surface area contributed by atoms with E-state index < -0.39 is 17.6 Å². The quantitative estimate of drug-likeness (QED) is 0.828. The van der Waals surface area contributed by atoms with Gasteiger partial charge in [-0.1, -0.05) is 24.3 Å². The van der Waals surface area contributed by atoms with Crippen LogP contribution in [0.2, 0.25) is 0 Å². The lowest BCUT2D eigenvalue weighted by Gasteiger charge is -2.14. The Kier molecular flexibility index (Phi) is 5.07. The minimum absolute atomic E-state index is 0.144. The van der Waals surface area contributed by atoms with Crippen molar-refractivity contribution in [3.8, 4) is 0 Å². The summed E-state index contributed by atoms with van der Waals surface area (Å²) in [5.74, 6) is -0.563. The van der Waals surface area contributed by atoms with Gasteiger partial charge in [0, 0.05) is 10.2 Å². The maximum atomic E-state index is 12.8. The molecule has 2 aromatic rings. The third kappa shape index (κ3) is 4.24. The molecule has 2 N–H and O–H groups in total. The molecule has 0 atom stereocenters. The van der Waals surface area contributed by atoms with Gasteiger partial charge in [0.15, 0.2) is 0 Å². The van der Waals surface area contributed by atoms with Gasteiger partial charge in [0.2, 0.25) is 5.91 Å². The van der Waals surface area contributed by atoms with Crippen LogP contribution >= 0.6 is 15.9 Å². The van der Waals surface area contributed by atoms with Gasteiger partial charge in [-0.25, -0.2) is 0 Å². The SMILES string of the molecule is O=C(CNc1ccccc1Br)Nc1ccccc1C(F)(F)F. The molecule has 7 heteroatoms. The highest BCUT2D eigenvalue weighted by molar-refractivity contribution is 9.10. The van der Waals surface area contributed by atoms with Crippen LogP contribution in [0.3, 0.4) is 0 Å². The van der Waals surface area contributed by atoms with Crippen LogP contribution in [0.1, 0.15) is 5.56 Å². The van der Waals surface area contributed by atoms with Crippen molar-refractivity contribution in [3.05, 3.63) is 58.6 Å². The van der Waals surface area contributed by atoms with Crippen molar-refractivity contribution in [1.29, 1.82) is 0 Å². The van der Waals surface area contributed by atoms with E-state index in [0.717, 1.165) is 10.5 Å². The molecule has 0 fully saturated rings. The van der Waals surface area contributed by atoms with E-state index in [0.29, 0.717) is 5.69 Å². The highest BCUT2D eigenvalue weighted by Gasteiger charge is 2.33. The third-order valence-electron chi connectivity index (χ3n) is 2.82. The van der Waals surface area contributed by atoms with Gasteiger partial charge in [0.05, 0.1) is 17.8 Å². The van der Waals surface area contributed by atoms with Crippen LogP contribution < -0.4 is 10.6 Å². The summed E-state index contributed by atoms with van der Waals surface area (Å²) in [6.07, 6.45) is -4.51. The number of carbonyl (C=O) groups is 1. The van der Waals surface area contributed by atoms with Crippen molar-refractivity contribution >= 4 is 33.2 Å². The molecule has 0 aromatic heterocycles. The fourth-order valence-corrected chi connectivity index (χ4v) is 2.24. The molecule has 116 valence electrons. The lowest BCUT2D eigenvalue weighted by atomic mass is 10.1. The van der Waals surface area contributed by atoms with E-state index in [4.69, 9.17) is 0 Å².